The van der Waals surface area contributed by atoms with Crippen LogP contribution in [0.5, 0.6) is 0 Å². The molecule has 0 heterocycles. The zero-order valence-electron chi connectivity index (χ0n) is 20.8. The fourth-order valence-electron chi connectivity index (χ4n) is 8.78. The molecule has 176 valence electrons. The molecule has 2 unspecified atom stereocenters. The van der Waals surface area contributed by atoms with E-state index in [0.717, 1.165) is 30.1 Å². The minimum atomic E-state index is 0.0420. The minimum absolute atomic E-state index is 0.0420. The van der Waals surface area contributed by atoms with Gasteiger partial charge in [0.1, 0.15) is 0 Å². The van der Waals surface area contributed by atoms with Gasteiger partial charge in [-0.15, -0.1) is 0 Å². The van der Waals surface area contributed by atoms with Crippen LogP contribution in [0, 0.1) is 46.3 Å². The van der Waals surface area contributed by atoms with Gasteiger partial charge in [0.05, 0.1) is 6.10 Å². The van der Waals surface area contributed by atoms with Crippen molar-refractivity contribution in [3.8, 4) is 0 Å². The van der Waals surface area contributed by atoms with Gasteiger partial charge >= 0.3 is 0 Å². The maximum Gasteiger partial charge on any atom is 0.155 e. The molecule has 3 fully saturated rings. The Balaban J connectivity index is 1.60. The Kier molecular flexibility index (Phi) is 6.88. The molecule has 0 amide bonds. The first-order valence-electron chi connectivity index (χ1n) is 13.0. The molecule has 31 heavy (non-hydrogen) atoms. The van der Waals surface area contributed by atoms with E-state index < -0.39 is 0 Å². The van der Waals surface area contributed by atoms with Crippen molar-refractivity contribution in [1.29, 1.82) is 0 Å². The number of ketones is 1. The fourth-order valence-corrected chi connectivity index (χ4v) is 10.0. The quantitative estimate of drug-likeness (QED) is 0.356. The zero-order valence-corrected chi connectivity index (χ0v) is 22.3. The van der Waals surface area contributed by atoms with Crippen LogP contribution in [0.15, 0.2) is 11.6 Å². The summed E-state index contributed by atoms with van der Waals surface area (Å²) in [5.41, 5.74) is 1.88. The molecule has 2 nitrogen and oxygen atoms in total. The van der Waals surface area contributed by atoms with Gasteiger partial charge in [-0.2, -0.15) is 0 Å². The van der Waals surface area contributed by atoms with Gasteiger partial charge in [-0.3, -0.25) is 4.79 Å². The second kappa shape index (κ2) is 8.90. The van der Waals surface area contributed by atoms with Gasteiger partial charge in [0, 0.05) is 18.4 Å². The molecule has 0 radical (unpaired) electrons. The van der Waals surface area contributed by atoms with Crippen LogP contribution in [0.25, 0.3) is 0 Å². The third kappa shape index (κ3) is 3.92. The summed E-state index contributed by atoms with van der Waals surface area (Å²) < 4.78 is 6.10. The number of rotatable bonds is 6. The molecule has 4 aliphatic carbocycles. The monoisotopic (exact) mass is 492 g/mol. The van der Waals surface area contributed by atoms with Gasteiger partial charge in [0.15, 0.2) is 5.78 Å². The first kappa shape index (κ1) is 24.0. The Morgan fingerprint density at radius 1 is 1.10 bits per heavy atom. The second-order valence-corrected chi connectivity index (χ2v) is 13.5. The number of hydrogen-bond donors (Lipinski definition) is 0. The van der Waals surface area contributed by atoms with Crippen LogP contribution >= 0.6 is 15.9 Å². The predicted molar refractivity (Wildman–Crippen MR) is 132 cm³/mol. The fraction of sp³-hybridized carbons (Fsp3) is 0.893. The number of carbonyl (C=O) groups is 1. The third-order valence-corrected chi connectivity index (χ3v) is 11.5. The lowest BCUT2D eigenvalue weighted by atomic mass is 9.46. The Hall–Kier alpha value is -0.150. The SMILES string of the molecule is COC1C2=CC(=O)CC[C@]2(C)[C@H]2CC[C@]3(C)[C@@H]([C@H](C)CCCC(C)C)CC[C@H]3[C@@H]2C1Br. The van der Waals surface area contributed by atoms with Crippen molar-refractivity contribution in [2.24, 2.45) is 46.3 Å². The summed E-state index contributed by atoms with van der Waals surface area (Å²) in [5, 5.41) is 0. The number of alkyl halides is 1. The van der Waals surface area contributed by atoms with Gasteiger partial charge in [-0.1, -0.05) is 69.8 Å². The summed E-state index contributed by atoms with van der Waals surface area (Å²) in [5.74, 6) is 4.93. The maximum absolute atomic E-state index is 12.3. The predicted octanol–water partition coefficient (Wildman–Crippen LogP) is 7.60. The summed E-state index contributed by atoms with van der Waals surface area (Å²) >= 11 is 4.16. The third-order valence-electron chi connectivity index (χ3n) is 10.4. The highest BCUT2D eigenvalue weighted by atomic mass is 79.9. The normalized spacial score (nSPS) is 45.7. The van der Waals surface area contributed by atoms with Crippen LogP contribution in [-0.2, 0) is 9.53 Å². The maximum atomic E-state index is 12.3. The Labute approximate surface area is 199 Å². The highest BCUT2D eigenvalue weighted by Gasteiger charge is 2.63. The van der Waals surface area contributed by atoms with E-state index in [0.29, 0.717) is 34.3 Å². The Bertz CT molecular complexity index is 714. The van der Waals surface area contributed by atoms with Crippen molar-refractivity contribution in [1.82, 2.24) is 0 Å². The first-order chi connectivity index (χ1) is 14.6. The molecule has 0 N–H and O–H groups in total. The highest BCUT2D eigenvalue weighted by molar-refractivity contribution is 9.09. The second-order valence-electron chi connectivity index (χ2n) is 12.4. The van der Waals surface area contributed by atoms with Gasteiger partial charge < -0.3 is 4.74 Å². The van der Waals surface area contributed by atoms with E-state index in [9.17, 15) is 4.79 Å². The smallest absolute Gasteiger partial charge is 0.155 e. The van der Waals surface area contributed by atoms with Crippen molar-refractivity contribution in [2.75, 3.05) is 7.11 Å². The standard InChI is InChI=1S/C28H45BrO2/c1-17(2)8-7-9-18(3)20-10-11-21-24-22(13-15-27(20,21)4)28(5)14-12-19(30)16-23(28)26(31-6)25(24)29/h16-18,20-22,24-26H,7-15H2,1-6H3/t18-,20-,21+,22+,24+,25?,26?,27-,28-/m1/s1. The average molecular weight is 494 g/mol. The lowest BCUT2D eigenvalue weighted by Crippen LogP contribution is -2.59. The molecule has 4 rings (SSSR count). The number of hydrogen-bond acceptors (Lipinski definition) is 2. The summed E-state index contributed by atoms with van der Waals surface area (Å²) in [6.07, 6.45) is 13.3. The topological polar surface area (TPSA) is 26.3 Å². The molecule has 3 heteroatoms. The number of methoxy groups -OCH3 is 1. The number of halogens is 1. The van der Waals surface area contributed by atoms with Crippen molar-refractivity contribution in [3.63, 3.8) is 0 Å². The molecule has 0 aromatic rings. The average Bonchev–Trinajstić information content (AvgIpc) is 3.06. The molecular weight excluding hydrogens is 448 g/mol. The van der Waals surface area contributed by atoms with Gasteiger partial charge in [-0.05, 0) is 90.1 Å². The lowest BCUT2D eigenvalue weighted by molar-refractivity contribution is -0.119. The van der Waals surface area contributed by atoms with Crippen molar-refractivity contribution < 1.29 is 9.53 Å². The molecule has 9 atom stereocenters. The van der Waals surface area contributed by atoms with E-state index in [4.69, 9.17) is 4.74 Å². The minimum Gasteiger partial charge on any atom is -0.376 e. The van der Waals surface area contributed by atoms with Crippen molar-refractivity contribution >= 4 is 21.7 Å². The number of ether oxygens (including phenoxy) is 1. The van der Waals surface area contributed by atoms with Crippen molar-refractivity contribution in [2.45, 2.75) is 103 Å². The van der Waals surface area contributed by atoms with Crippen LogP contribution in [0.2, 0.25) is 0 Å². The number of fused-ring (bicyclic) bond motifs is 5. The zero-order chi connectivity index (χ0) is 22.6. The van der Waals surface area contributed by atoms with E-state index in [1.54, 1.807) is 0 Å². The molecule has 0 spiro atoms. The van der Waals surface area contributed by atoms with Crippen LogP contribution in [0.3, 0.4) is 0 Å². The van der Waals surface area contributed by atoms with Crippen molar-refractivity contribution in [3.05, 3.63) is 11.6 Å². The molecule has 3 saturated carbocycles. The summed E-state index contributed by atoms with van der Waals surface area (Å²) in [4.78, 5) is 12.6. The van der Waals surface area contributed by atoms with E-state index in [1.165, 1.54) is 50.5 Å². The molecule has 0 saturated heterocycles. The molecule has 0 aromatic heterocycles. The van der Waals surface area contributed by atoms with Crippen LogP contribution in [-0.4, -0.2) is 23.8 Å². The van der Waals surface area contributed by atoms with E-state index >= 15 is 0 Å². The van der Waals surface area contributed by atoms with Gasteiger partial charge in [0.2, 0.25) is 0 Å². The number of carbonyl (C=O) groups excluding carboxylic acids is 1. The molecular formula is C28H45BrO2. The van der Waals surface area contributed by atoms with Gasteiger partial charge in [-0.25, -0.2) is 0 Å². The van der Waals surface area contributed by atoms with Crippen LogP contribution < -0.4 is 0 Å². The Morgan fingerprint density at radius 2 is 1.84 bits per heavy atom. The van der Waals surface area contributed by atoms with Gasteiger partial charge in [0.25, 0.3) is 0 Å². The summed E-state index contributed by atoms with van der Waals surface area (Å²) in [6.45, 7) is 12.4. The van der Waals surface area contributed by atoms with Crippen LogP contribution in [0.1, 0.15) is 92.4 Å². The lowest BCUT2D eigenvalue weighted by Gasteiger charge is -2.61. The van der Waals surface area contributed by atoms with E-state index in [1.807, 2.05) is 13.2 Å². The van der Waals surface area contributed by atoms with E-state index in [2.05, 4.69) is 50.5 Å². The Morgan fingerprint density at radius 3 is 2.52 bits per heavy atom. The molecule has 0 aliphatic heterocycles. The molecule has 0 aromatic carbocycles. The molecule has 0 bridgehead atoms. The largest absolute Gasteiger partial charge is 0.376 e. The van der Waals surface area contributed by atoms with E-state index in [-0.39, 0.29) is 11.5 Å². The molecule has 4 aliphatic rings. The first-order valence-corrected chi connectivity index (χ1v) is 14.0. The van der Waals surface area contributed by atoms with Crippen LogP contribution in [0.4, 0.5) is 0 Å². The summed E-state index contributed by atoms with van der Waals surface area (Å²) in [7, 11) is 1.84. The highest BCUT2D eigenvalue weighted by Crippen LogP contribution is 2.68. The summed E-state index contributed by atoms with van der Waals surface area (Å²) in [6, 6.07) is 0.